The SMILES string of the molecule is O=C(OCC(F)F)c1cnn2c(C3CCNCC3)cc(=O)[nH]c12. The number of hydrogen-bond acceptors (Lipinski definition) is 5. The highest BCUT2D eigenvalue weighted by Gasteiger charge is 2.23. The van der Waals surface area contributed by atoms with E-state index in [1.807, 2.05) is 0 Å². The van der Waals surface area contributed by atoms with Gasteiger partial charge in [0.1, 0.15) is 5.56 Å². The molecule has 1 saturated heterocycles. The minimum Gasteiger partial charge on any atom is -0.456 e. The Bertz CT molecular complexity index is 765. The fourth-order valence-corrected chi connectivity index (χ4v) is 2.79. The second kappa shape index (κ2) is 6.45. The Kier molecular flexibility index (Phi) is 4.37. The predicted octanol–water partition coefficient (Wildman–Crippen LogP) is 0.911. The number of nitrogens with zero attached hydrogens (tertiary/aromatic N) is 2. The van der Waals surface area contributed by atoms with Gasteiger partial charge < -0.3 is 15.0 Å². The molecule has 2 N–H and O–H groups in total. The number of ether oxygens (including phenoxy) is 1. The molecule has 0 aromatic carbocycles. The van der Waals surface area contributed by atoms with Crippen LogP contribution in [0.1, 0.15) is 34.8 Å². The van der Waals surface area contributed by atoms with Gasteiger partial charge in [-0.05, 0) is 25.9 Å². The van der Waals surface area contributed by atoms with Crippen molar-refractivity contribution in [3.8, 4) is 0 Å². The Hall–Kier alpha value is -2.29. The number of hydrogen-bond donors (Lipinski definition) is 2. The topological polar surface area (TPSA) is 88.5 Å². The van der Waals surface area contributed by atoms with Crippen molar-refractivity contribution in [1.29, 1.82) is 0 Å². The summed E-state index contributed by atoms with van der Waals surface area (Å²) >= 11 is 0. The molecule has 0 bridgehead atoms. The number of rotatable bonds is 4. The average Bonchev–Trinajstić information content (AvgIpc) is 2.96. The summed E-state index contributed by atoms with van der Waals surface area (Å²) < 4.78 is 30.3. The zero-order valence-corrected chi connectivity index (χ0v) is 12.2. The summed E-state index contributed by atoms with van der Waals surface area (Å²) in [5.74, 6) is -0.788. The van der Waals surface area contributed by atoms with E-state index >= 15 is 0 Å². The summed E-state index contributed by atoms with van der Waals surface area (Å²) in [6, 6.07) is 1.46. The molecule has 0 saturated carbocycles. The van der Waals surface area contributed by atoms with E-state index in [-0.39, 0.29) is 22.7 Å². The largest absolute Gasteiger partial charge is 0.456 e. The molecule has 9 heteroatoms. The molecule has 1 fully saturated rings. The van der Waals surface area contributed by atoms with Crippen LogP contribution in [0.5, 0.6) is 0 Å². The predicted molar refractivity (Wildman–Crippen MR) is 76.9 cm³/mol. The highest BCUT2D eigenvalue weighted by atomic mass is 19.3. The zero-order valence-electron chi connectivity index (χ0n) is 12.2. The maximum absolute atomic E-state index is 12.2. The van der Waals surface area contributed by atoms with Gasteiger partial charge in [0.05, 0.1) is 11.9 Å². The van der Waals surface area contributed by atoms with E-state index in [2.05, 4.69) is 20.1 Å². The van der Waals surface area contributed by atoms with Crippen molar-refractivity contribution in [1.82, 2.24) is 19.9 Å². The minimum atomic E-state index is -2.75. The number of nitrogens with one attached hydrogen (secondary N) is 2. The van der Waals surface area contributed by atoms with Crippen LogP contribution in [0.3, 0.4) is 0 Å². The molecule has 3 heterocycles. The third kappa shape index (κ3) is 3.24. The van der Waals surface area contributed by atoms with E-state index in [0.717, 1.165) is 25.9 Å². The van der Waals surface area contributed by atoms with Crippen LogP contribution in [0.4, 0.5) is 8.78 Å². The Morgan fingerprint density at radius 1 is 1.43 bits per heavy atom. The van der Waals surface area contributed by atoms with Crippen LogP contribution < -0.4 is 10.9 Å². The van der Waals surface area contributed by atoms with Crippen molar-refractivity contribution in [2.45, 2.75) is 25.2 Å². The maximum atomic E-state index is 12.2. The van der Waals surface area contributed by atoms with Gasteiger partial charge in [-0.25, -0.2) is 18.1 Å². The van der Waals surface area contributed by atoms with Crippen LogP contribution in [0.15, 0.2) is 17.1 Å². The molecule has 0 spiro atoms. The summed E-state index contributed by atoms with van der Waals surface area (Å²) in [5.41, 5.74) is 0.483. The minimum absolute atomic E-state index is 0.0291. The summed E-state index contributed by atoms with van der Waals surface area (Å²) in [5, 5.41) is 7.36. The van der Waals surface area contributed by atoms with E-state index in [9.17, 15) is 18.4 Å². The Labute approximate surface area is 129 Å². The van der Waals surface area contributed by atoms with Gasteiger partial charge >= 0.3 is 5.97 Å². The fraction of sp³-hybridized carbons (Fsp3) is 0.500. The number of halogens is 2. The quantitative estimate of drug-likeness (QED) is 0.816. The smallest absolute Gasteiger partial charge is 0.343 e. The lowest BCUT2D eigenvalue weighted by molar-refractivity contribution is 0.0161. The van der Waals surface area contributed by atoms with E-state index in [1.54, 1.807) is 0 Å². The first-order valence-electron chi connectivity index (χ1n) is 7.33. The number of fused-ring (bicyclic) bond motifs is 1. The lowest BCUT2D eigenvalue weighted by Crippen LogP contribution is -2.28. The number of aromatic amines is 1. The first kappa shape index (κ1) is 15.6. The van der Waals surface area contributed by atoms with Crippen LogP contribution in [0, 0.1) is 0 Å². The molecule has 1 aliphatic rings. The van der Waals surface area contributed by atoms with E-state index in [0.29, 0.717) is 5.69 Å². The lowest BCUT2D eigenvalue weighted by Gasteiger charge is -2.23. The van der Waals surface area contributed by atoms with E-state index in [1.165, 1.54) is 16.8 Å². The van der Waals surface area contributed by atoms with Gasteiger partial charge in [-0.1, -0.05) is 0 Å². The van der Waals surface area contributed by atoms with Gasteiger partial charge in [-0.3, -0.25) is 4.79 Å². The molecule has 0 aliphatic carbocycles. The van der Waals surface area contributed by atoms with Crippen LogP contribution in [-0.2, 0) is 4.74 Å². The second-order valence-electron chi connectivity index (χ2n) is 5.39. The van der Waals surface area contributed by atoms with Crippen molar-refractivity contribution in [2.24, 2.45) is 0 Å². The number of piperidine rings is 1. The highest BCUT2D eigenvalue weighted by Crippen LogP contribution is 2.25. The Morgan fingerprint density at radius 3 is 2.87 bits per heavy atom. The molecular weight excluding hydrogens is 310 g/mol. The number of carbonyl (C=O) groups excluding carboxylic acids is 1. The summed E-state index contributed by atoms with van der Waals surface area (Å²) in [6.45, 7) is 0.682. The zero-order chi connectivity index (χ0) is 16.4. The van der Waals surface area contributed by atoms with Crippen molar-refractivity contribution in [2.75, 3.05) is 19.7 Å². The van der Waals surface area contributed by atoms with Gasteiger partial charge in [0.25, 0.3) is 12.0 Å². The Balaban J connectivity index is 1.98. The van der Waals surface area contributed by atoms with Gasteiger partial charge in [0.2, 0.25) is 0 Å². The molecule has 2 aromatic rings. The third-order valence-electron chi connectivity index (χ3n) is 3.85. The molecule has 7 nitrogen and oxygen atoms in total. The van der Waals surface area contributed by atoms with Crippen LogP contribution in [0.2, 0.25) is 0 Å². The van der Waals surface area contributed by atoms with Crippen LogP contribution in [0.25, 0.3) is 5.65 Å². The average molecular weight is 326 g/mol. The first-order chi connectivity index (χ1) is 11.1. The van der Waals surface area contributed by atoms with Crippen LogP contribution in [-0.4, -0.2) is 46.7 Å². The van der Waals surface area contributed by atoms with Crippen LogP contribution >= 0.6 is 0 Å². The van der Waals surface area contributed by atoms with Crippen molar-refractivity contribution in [3.05, 3.63) is 33.9 Å². The van der Waals surface area contributed by atoms with E-state index < -0.39 is 19.0 Å². The summed E-state index contributed by atoms with van der Waals surface area (Å²) in [6.07, 6.45) is 0.182. The number of H-pyrrole nitrogens is 1. The maximum Gasteiger partial charge on any atom is 0.343 e. The summed E-state index contributed by atoms with van der Waals surface area (Å²) in [4.78, 5) is 26.3. The van der Waals surface area contributed by atoms with Crippen molar-refractivity contribution in [3.63, 3.8) is 0 Å². The number of alkyl halides is 2. The van der Waals surface area contributed by atoms with Gasteiger partial charge in [0, 0.05) is 12.0 Å². The molecule has 3 rings (SSSR count). The molecule has 0 atom stereocenters. The second-order valence-corrected chi connectivity index (χ2v) is 5.39. The third-order valence-corrected chi connectivity index (χ3v) is 3.85. The fourth-order valence-electron chi connectivity index (χ4n) is 2.79. The number of carbonyl (C=O) groups is 1. The normalized spacial score (nSPS) is 16.1. The molecule has 23 heavy (non-hydrogen) atoms. The molecule has 0 unspecified atom stereocenters. The highest BCUT2D eigenvalue weighted by molar-refractivity contribution is 5.95. The molecule has 0 amide bonds. The van der Waals surface area contributed by atoms with E-state index in [4.69, 9.17) is 0 Å². The van der Waals surface area contributed by atoms with Gasteiger partial charge in [-0.15, -0.1) is 0 Å². The molecule has 124 valence electrons. The monoisotopic (exact) mass is 326 g/mol. The number of aromatic nitrogens is 3. The molecular formula is C14H16F2N4O3. The van der Waals surface area contributed by atoms with Crippen molar-refractivity contribution < 1.29 is 18.3 Å². The molecule has 0 radical (unpaired) electrons. The molecule has 1 aliphatic heterocycles. The Morgan fingerprint density at radius 2 is 2.17 bits per heavy atom. The van der Waals surface area contributed by atoms with Gasteiger partial charge in [0.15, 0.2) is 12.3 Å². The summed E-state index contributed by atoms with van der Waals surface area (Å²) in [7, 11) is 0. The lowest BCUT2D eigenvalue weighted by atomic mass is 9.94. The van der Waals surface area contributed by atoms with Gasteiger partial charge in [-0.2, -0.15) is 5.10 Å². The molecule has 2 aromatic heterocycles. The number of esters is 1. The van der Waals surface area contributed by atoms with Crippen molar-refractivity contribution >= 4 is 11.6 Å². The first-order valence-corrected chi connectivity index (χ1v) is 7.33. The standard InChI is InChI=1S/C14H16F2N4O3/c15-11(16)7-23-14(22)9-6-18-20-10(5-12(21)19-13(9)20)8-1-3-17-4-2-8/h5-6,8,11,17H,1-4,7H2,(H,19,21).